The zero-order valence-corrected chi connectivity index (χ0v) is 16.8. The van der Waals surface area contributed by atoms with Crippen LogP contribution in [0.5, 0.6) is 0 Å². The van der Waals surface area contributed by atoms with E-state index < -0.39 is 0 Å². The minimum absolute atomic E-state index is 0.0687. The van der Waals surface area contributed by atoms with Gasteiger partial charge in [-0.05, 0) is 47.0 Å². The molecule has 150 valence electrons. The van der Waals surface area contributed by atoms with Crippen LogP contribution in [0.3, 0.4) is 0 Å². The molecule has 2 heterocycles. The molecular formula is C20H21FN6OS. The molecule has 1 amide bonds. The summed E-state index contributed by atoms with van der Waals surface area (Å²) in [4.78, 5) is 18.0. The molecule has 0 unspecified atom stereocenters. The van der Waals surface area contributed by atoms with Gasteiger partial charge in [0.15, 0.2) is 5.82 Å². The standard InChI is InChI=1S/C20H21FN6OS/c1-29-18-8-3-2-7-17(18)20(28)26-11-9-25(10-12-26)14-19-22-23-24-27(19)16-6-4-5-15(21)13-16/h2-8,13H,9-12,14H2,1H3. The molecule has 29 heavy (non-hydrogen) atoms. The quantitative estimate of drug-likeness (QED) is 0.600. The molecule has 7 nitrogen and oxygen atoms in total. The van der Waals surface area contributed by atoms with Gasteiger partial charge in [-0.25, -0.2) is 4.39 Å². The Morgan fingerprint density at radius 3 is 2.66 bits per heavy atom. The number of tetrazole rings is 1. The number of hydrogen-bond acceptors (Lipinski definition) is 6. The molecular weight excluding hydrogens is 391 g/mol. The van der Waals surface area contributed by atoms with E-state index in [1.54, 1.807) is 28.6 Å². The van der Waals surface area contributed by atoms with Crippen molar-refractivity contribution in [3.05, 3.63) is 65.7 Å². The predicted molar refractivity (Wildman–Crippen MR) is 109 cm³/mol. The average Bonchev–Trinajstić information content (AvgIpc) is 3.22. The highest BCUT2D eigenvalue weighted by atomic mass is 32.2. The van der Waals surface area contributed by atoms with E-state index in [1.165, 1.54) is 12.1 Å². The molecule has 1 aliphatic heterocycles. The molecule has 1 saturated heterocycles. The topological polar surface area (TPSA) is 67.2 Å². The van der Waals surface area contributed by atoms with Crippen molar-refractivity contribution < 1.29 is 9.18 Å². The molecule has 0 atom stereocenters. The summed E-state index contributed by atoms with van der Waals surface area (Å²) >= 11 is 1.58. The summed E-state index contributed by atoms with van der Waals surface area (Å²) in [5.74, 6) is 0.379. The highest BCUT2D eigenvalue weighted by Crippen LogP contribution is 2.22. The molecule has 4 rings (SSSR count). The average molecular weight is 412 g/mol. The van der Waals surface area contributed by atoms with Crippen LogP contribution in [-0.4, -0.2) is 68.3 Å². The fraction of sp³-hybridized carbons (Fsp3) is 0.300. The lowest BCUT2D eigenvalue weighted by Crippen LogP contribution is -2.48. The van der Waals surface area contributed by atoms with Crippen LogP contribution in [0.4, 0.5) is 4.39 Å². The Bertz CT molecular complexity index is 1000. The highest BCUT2D eigenvalue weighted by molar-refractivity contribution is 7.98. The minimum atomic E-state index is -0.332. The van der Waals surface area contributed by atoms with E-state index in [-0.39, 0.29) is 11.7 Å². The molecule has 9 heteroatoms. The first-order valence-electron chi connectivity index (χ1n) is 9.33. The summed E-state index contributed by atoms with van der Waals surface area (Å²) in [6, 6.07) is 13.9. The largest absolute Gasteiger partial charge is 0.336 e. The number of piperazine rings is 1. The Balaban J connectivity index is 1.40. The summed E-state index contributed by atoms with van der Waals surface area (Å²) in [6.45, 7) is 3.27. The fourth-order valence-corrected chi connectivity index (χ4v) is 4.00. The molecule has 1 fully saturated rings. The number of carbonyl (C=O) groups excluding carboxylic acids is 1. The number of nitrogens with zero attached hydrogens (tertiary/aromatic N) is 6. The third-order valence-corrected chi connectivity index (χ3v) is 5.74. The van der Waals surface area contributed by atoms with Crippen molar-refractivity contribution in [2.75, 3.05) is 32.4 Å². The summed E-state index contributed by atoms with van der Waals surface area (Å²) in [5, 5.41) is 11.8. The molecule has 0 spiro atoms. The van der Waals surface area contributed by atoms with Gasteiger partial charge in [-0.3, -0.25) is 9.69 Å². The molecule has 0 aliphatic carbocycles. The van der Waals surface area contributed by atoms with Gasteiger partial charge in [0.1, 0.15) is 5.82 Å². The van der Waals surface area contributed by atoms with Crippen LogP contribution >= 0.6 is 11.8 Å². The number of benzene rings is 2. The van der Waals surface area contributed by atoms with Crippen LogP contribution in [0.15, 0.2) is 53.4 Å². The van der Waals surface area contributed by atoms with Crippen molar-refractivity contribution in [3.8, 4) is 5.69 Å². The second-order valence-corrected chi connectivity index (χ2v) is 7.60. The predicted octanol–water partition coefficient (Wildman–Crippen LogP) is 2.48. The van der Waals surface area contributed by atoms with Crippen LogP contribution in [0.1, 0.15) is 16.2 Å². The zero-order valence-electron chi connectivity index (χ0n) is 16.0. The van der Waals surface area contributed by atoms with Crippen LogP contribution < -0.4 is 0 Å². The summed E-state index contributed by atoms with van der Waals surface area (Å²) in [6.07, 6.45) is 1.98. The van der Waals surface area contributed by atoms with Crippen molar-refractivity contribution in [2.45, 2.75) is 11.4 Å². The Morgan fingerprint density at radius 1 is 1.10 bits per heavy atom. The van der Waals surface area contributed by atoms with E-state index in [0.29, 0.717) is 31.1 Å². The smallest absolute Gasteiger partial charge is 0.255 e. The number of carbonyl (C=O) groups is 1. The maximum Gasteiger partial charge on any atom is 0.255 e. The Kier molecular flexibility index (Phi) is 5.86. The monoisotopic (exact) mass is 412 g/mol. The van der Waals surface area contributed by atoms with Gasteiger partial charge in [0, 0.05) is 31.1 Å². The third kappa shape index (κ3) is 4.30. The Morgan fingerprint density at radius 2 is 1.90 bits per heavy atom. The summed E-state index contributed by atoms with van der Waals surface area (Å²) in [7, 11) is 0. The maximum atomic E-state index is 13.5. The van der Waals surface area contributed by atoms with E-state index in [0.717, 1.165) is 23.5 Å². The molecule has 1 aliphatic rings. The van der Waals surface area contributed by atoms with E-state index >= 15 is 0 Å². The lowest BCUT2D eigenvalue weighted by molar-refractivity contribution is 0.0621. The van der Waals surface area contributed by atoms with Gasteiger partial charge in [0.05, 0.1) is 17.8 Å². The van der Waals surface area contributed by atoms with Gasteiger partial charge in [-0.15, -0.1) is 16.9 Å². The molecule has 3 aromatic rings. The van der Waals surface area contributed by atoms with Gasteiger partial charge in [0.2, 0.25) is 0 Å². The van der Waals surface area contributed by atoms with Gasteiger partial charge >= 0.3 is 0 Å². The van der Waals surface area contributed by atoms with Crippen LogP contribution in [0, 0.1) is 5.82 Å². The van der Waals surface area contributed by atoms with Crippen molar-refractivity contribution in [2.24, 2.45) is 0 Å². The Labute approximate surface area is 172 Å². The number of rotatable bonds is 5. The SMILES string of the molecule is CSc1ccccc1C(=O)N1CCN(Cc2nnnn2-c2cccc(F)c2)CC1. The number of hydrogen-bond donors (Lipinski definition) is 0. The molecule has 2 aromatic carbocycles. The second kappa shape index (κ2) is 8.71. The summed E-state index contributed by atoms with van der Waals surface area (Å²) in [5.41, 5.74) is 1.34. The van der Waals surface area contributed by atoms with Crippen LogP contribution in [0.2, 0.25) is 0 Å². The van der Waals surface area contributed by atoms with E-state index in [2.05, 4.69) is 20.4 Å². The van der Waals surface area contributed by atoms with Crippen molar-refractivity contribution in [3.63, 3.8) is 0 Å². The van der Waals surface area contributed by atoms with Gasteiger partial charge < -0.3 is 4.90 Å². The van der Waals surface area contributed by atoms with E-state index in [9.17, 15) is 9.18 Å². The molecule has 0 bridgehead atoms. The summed E-state index contributed by atoms with van der Waals surface area (Å²) < 4.78 is 15.1. The van der Waals surface area contributed by atoms with Crippen molar-refractivity contribution >= 4 is 17.7 Å². The third-order valence-electron chi connectivity index (χ3n) is 4.95. The Hall–Kier alpha value is -2.78. The fourth-order valence-electron chi connectivity index (χ4n) is 3.41. The molecule has 1 aromatic heterocycles. The zero-order chi connectivity index (χ0) is 20.2. The van der Waals surface area contributed by atoms with Gasteiger partial charge in [-0.2, -0.15) is 4.68 Å². The first-order valence-corrected chi connectivity index (χ1v) is 10.6. The number of aromatic nitrogens is 4. The van der Waals surface area contributed by atoms with Crippen LogP contribution in [0.25, 0.3) is 5.69 Å². The van der Waals surface area contributed by atoms with Gasteiger partial charge in [-0.1, -0.05) is 18.2 Å². The highest BCUT2D eigenvalue weighted by Gasteiger charge is 2.24. The van der Waals surface area contributed by atoms with E-state index in [4.69, 9.17) is 0 Å². The molecule has 0 radical (unpaired) electrons. The first-order chi connectivity index (χ1) is 14.2. The lowest BCUT2D eigenvalue weighted by atomic mass is 10.2. The molecule has 0 N–H and O–H groups in total. The minimum Gasteiger partial charge on any atom is -0.336 e. The van der Waals surface area contributed by atoms with Gasteiger partial charge in [0.25, 0.3) is 5.91 Å². The van der Waals surface area contributed by atoms with Crippen molar-refractivity contribution in [1.82, 2.24) is 30.0 Å². The maximum absolute atomic E-state index is 13.5. The first kappa shape index (κ1) is 19.5. The number of halogens is 1. The number of thioether (sulfide) groups is 1. The van der Waals surface area contributed by atoms with Crippen LogP contribution in [-0.2, 0) is 6.54 Å². The normalized spacial score (nSPS) is 14.9. The van der Waals surface area contributed by atoms with Crippen molar-refractivity contribution in [1.29, 1.82) is 0 Å². The lowest BCUT2D eigenvalue weighted by Gasteiger charge is -2.34. The number of amides is 1. The van der Waals surface area contributed by atoms with E-state index in [1.807, 2.05) is 35.4 Å². The second-order valence-electron chi connectivity index (χ2n) is 6.76. The molecule has 0 saturated carbocycles.